The Morgan fingerprint density at radius 2 is 1.58 bits per heavy atom. The number of esters is 1. The second-order valence-electron chi connectivity index (χ2n) is 11.0. The van der Waals surface area contributed by atoms with Crippen LogP contribution in [0.1, 0.15) is 69.7 Å². The Kier molecular flexibility index (Phi) is 8.12. The van der Waals surface area contributed by atoms with Crippen molar-refractivity contribution in [1.29, 1.82) is 0 Å². The molecule has 0 bridgehead atoms. The molecular weight excluding hydrogens is 456 g/mol. The van der Waals surface area contributed by atoms with Gasteiger partial charge in [0.05, 0.1) is 6.54 Å². The van der Waals surface area contributed by atoms with Crippen molar-refractivity contribution in [3.8, 4) is 5.75 Å². The lowest BCUT2D eigenvalue weighted by Crippen LogP contribution is -2.43. The summed E-state index contributed by atoms with van der Waals surface area (Å²) in [6.45, 7) is 13.2. The summed E-state index contributed by atoms with van der Waals surface area (Å²) in [7, 11) is 0. The number of nitrogens with zero attached hydrogens (tertiary/aromatic N) is 1. The van der Waals surface area contributed by atoms with Crippen LogP contribution in [-0.2, 0) is 27.3 Å². The number of benzene rings is 2. The minimum absolute atomic E-state index is 0.175. The maximum atomic E-state index is 12.8. The van der Waals surface area contributed by atoms with Gasteiger partial charge in [-0.2, -0.15) is 0 Å². The van der Waals surface area contributed by atoms with Gasteiger partial charge in [-0.25, -0.2) is 9.59 Å². The highest BCUT2D eigenvalue weighted by Gasteiger charge is 2.37. The first kappa shape index (κ1) is 27.2. The summed E-state index contributed by atoms with van der Waals surface area (Å²) in [6.07, 6.45) is 2.07. The molecule has 3 amide bonds. The summed E-state index contributed by atoms with van der Waals surface area (Å²) in [5.41, 5.74) is 2.65. The van der Waals surface area contributed by atoms with E-state index in [-0.39, 0.29) is 18.5 Å². The zero-order chi connectivity index (χ0) is 26.7. The lowest BCUT2D eigenvalue weighted by Gasteiger charge is -2.29. The molecule has 7 heteroatoms. The fourth-order valence-corrected chi connectivity index (χ4v) is 3.98. The van der Waals surface area contributed by atoms with E-state index in [4.69, 9.17) is 9.47 Å². The number of amides is 3. The Hall–Kier alpha value is -3.35. The van der Waals surface area contributed by atoms with E-state index in [9.17, 15) is 14.4 Å². The third-order valence-corrected chi connectivity index (χ3v) is 6.16. The van der Waals surface area contributed by atoms with Gasteiger partial charge < -0.3 is 14.8 Å². The normalized spacial score (nSPS) is 16.2. The molecule has 1 N–H and O–H groups in total. The van der Waals surface area contributed by atoms with Gasteiger partial charge in [0.25, 0.3) is 5.91 Å². The fourth-order valence-electron chi connectivity index (χ4n) is 3.98. The summed E-state index contributed by atoms with van der Waals surface area (Å²) in [5, 5.41) is 2.82. The molecule has 0 radical (unpaired) electrons. The van der Waals surface area contributed by atoms with Gasteiger partial charge in [0.1, 0.15) is 17.4 Å². The predicted molar refractivity (Wildman–Crippen MR) is 139 cm³/mol. The number of urea groups is 1. The first-order valence-corrected chi connectivity index (χ1v) is 12.4. The van der Waals surface area contributed by atoms with Crippen LogP contribution in [0.2, 0.25) is 0 Å². The minimum atomic E-state index is -1.11. The minimum Gasteiger partial charge on any atom is -0.476 e. The van der Waals surface area contributed by atoms with Crippen LogP contribution in [0.15, 0.2) is 42.5 Å². The molecule has 194 valence electrons. The van der Waals surface area contributed by atoms with Gasteiger partial charge in [-0.05, 0) is 102 Å². The van der Waals surface area contributed by atoms with Crippen molar-refractivity contribution < 1.29 is 23.9 Å². The van der Waals surface area contributed by atoms with Crippen LogP contribution < -0.4 is 10.1 Å². The fraction of sp³-hybridized carbons (Fsp3) is 0.483. The lowest BCUT2D eigenvalue weighted by molar-refractivity contribution is -0.170. The van der Waals surface area contributed by atoms with Crippen LogP contribution in [0.25, 0.3) is 0 Å². The number of aryl methyl sites for hydroxylation is 3. The molecule has 3 rings (SSSR count). The van der Waals surface area contributed by atoms with Gasteiger partial charge in [-0.1, -0.05) is 30.3 Å². The number of hydrogen-bond acceptors (Lipinski definition) is 5. The average molecular weight is 495 g/mol. The van der Waals surface area contributed by atoms with Gasteiger partial charge in [-0.15, -0.1) is 0 Å². The van der Waals surface area contributed by atoms with Crippen LogP contribution in [0, 0.1) is 13.8 Å². The molecule has 1 heterocycles. The molecule has 0 aromatic heterocycles. The van der Waals surface area contributed by atoms with Gasteiger partial charge in [0.15, 0.2) is 5.60 Å². The van der Waals surface area contributed by atoms with Crippen molar-refractivity contribution in [1.82, 2.24) is 10.2 Å². The predicted octanol–water partition coefficient (Wildman–Crippen LogP) is 5.25. The summed E-state index contributed by atoms with van der Waals surface area (Å²) < 4.78 is 11.3. The number of carbonyl (C=O) groups excluding carboxylic acids is 3. The third kappa shape index (κ3) is 7.09. The third-order valence-electron chi connectivity index (χ3n) is 6.16. The molecular formula is C29H38N2O5. The topological polar surface area (TPSA) is 84.9 Å². The van der Waals surface area contributed by atoms with E-state index < -0.39 is 23.2 Å². The van der Waals surface area contributed by atoms with Crippen molar-refractivity contribution in [2.75, 3.05) is 0 Å². The summed E-state index contributed by atoms with van der Waals surface area (Å²) in [6, 6.07) is 12.7. The van der Waals surface area contributed by atoms with E-state index in [0.717, 1.165) is 29.5 Å². The molecule has 1 fully saturated rings. The molecule has 2 aromatic rings. The number of carbonyl (C=O) groups is 3. The SMILES string of the molecule is Cc1ccc(CN2C(=O)NC(CCCc3ccc(OC(C)(C)C(=O)OC(C)(C)C)cc3)C2=O)cc1C. The van der Waals surface area contributed by atoms with E-state index in [1.54, 1.807) is 13.8 Å². The Bertz CT molecular complexity index is 1120. The van der Waals surface area contributed by atoms with Gasteiger partial charge in [0.2, 0.25) is 0 Å². The van der Waals surface area contributed by atoms with E-state index in [0.29, 0.717) is 12.2 Å². The quantitative estimate of drug-likeness (QED) is 0.380. The summed E-state index contributed by atoms with van der Waals surface area (Å²) >= 11 is 0. The maximum absolute atomic E-state index is 12.8. The van der Waals surface area contributed by atoms with Crippen molar-refractivity contribution in [2.24, 2.45) is 0 Å². The largest absolute Gasteiger partial charge is 0.476 e. The van der Waals surface area contributed by atoms with Crippen molar-refractivity contribution in [3.63, 3.8) is 0 Å². The molecule has 1 aliphatic rings. The maximum Gasteiger partial charge on any atom is 0.350 e. The molecule has 0 aliphatic carbocycles. The number of imide groups is 1. The Balaban J connectivity index is 1.49. The van der Waals surface area contributed by atoms with Gasteiger partial charge >= 0.3 is 12.0 Å². The van der Waals surface area contributed by atoms with Gasteiger partial charge in [-0.3, -0.25) is 9.69 Å². The Labute approximate surface area is 214 Å². The average Bonchev–Trinajstić information content (AvgIpc) is 3.03. The first-order chi connectivity index (χ1) is 16.7. The number of hydrogen-bond donors (Lipinski definition) is 1. The highest BCUT2D eigenvalue weighted by Crippen LogP contribution is 2.23. The molecule has 0 saturated carbocycles. The highest BCUT2D eigenvalue weighted by molar-refractivity contribution is 6.04. The molecule has 1 unspecified atom stereocenters. The molecule has 1 atom stereocenters. The zero-order valence-electron chi connectivity index (χ0n) is 22.4. The summed E-state index contributed by atoms with van der Waals surface area (Å²) in [5.74, 6) is -0.0184. The zero-order valence-corrected chi connectivity index (χ0v) is 22.4. The second-order valence-corrected chi connectivity index (χ2v) is 11.0. The molecule has 36 heavy (non-hydrogen) atoms. The molecule has 1 saturated heterocycles. The van der Waals surface area contributed by atoms with Crippen molar-refractivity contribution >= 4 is 17.9 Å². The monoisotopic (exact) mass is 494 g/mol. The summed E-state index contributed by atoms with van der Waals surface area (Å²) in [4.78, 5) is 38.9. The van der Waals surface area contributed by atoms with Crippen molar-refractivity contribution in [3.05, 3.63) is 64.7 Å². The van der Waals surface area contributed by atoms with Crippen LogP contribution >= 0.6 is 0 Å². The van der Waals surface area contributed by atoms with Crippen LogP contribution in [0.4, 0.5) is 4.79 Å². The second kappa shape index (κ2) is 10.7. The van der Waals surface area contributed by atoms with Gasteiger partial charge in [0, 0.05) is 0 Å². The molecule has 2 aromatic carbocycles. The Morgan fingerprint density at radius 1 is 0.944 bits per heavy atom. The number of nitrogens with one attached hydrogen (secondary N) is 1. The standard InChI is InChI=1S/C29H38N2O5/c1-19-11-12-22(17-20(19)2)18-31-25(32)24(30-27(31)34)10-8-9-21-13-15-23(16-14-21)35-29(6,7)26(33)36-28(3,4)5/h11-17,24H,8-10,18H2,1-7H3,(H,30,34). The van der Waals surface area contributed by atoms with E-state index in [1.807, 2.05) is 77.1 Å². The van der Waals surface area contributed by atoms with Crippen LogP contribution in [0.5, 0.6) is 5.75 Å². The van der Waals surface area contributed by atoms with Crippen molar-refractivity contribution in [2.45, 2.75) is 91.5 Å². The first-order valence-electron chi connectivity index (χ1n) is 12.4. The number of rotatable bonds is 9. The number of ether oxygens (including phenoxy) is 2. The smallest absolute Gasteiger partial charge is 0.350 e. The molecule has 1 aliphatic heterocycles. The van der Waals surface area contributed by atoms with E-state index in [2.05, 4.69) is 5.32 Å². The van der Waals surface area contributed by atoms with Crippen LogP contribution in [0.3, 0.4) is 0 Å². The molecule has 0 spiro atoms. The molecule has 7 nitrogen and oxygen atoms in total. The Morgan fingerprint density at radius 3 is 2.19 bits per heavy atom. The van der Waals surface area contributed by atoms with E-state index in [1.165, 1.54) is 10.5 Å². The van der Waals surface area contributed by atoms with E-state index >= 15 is 0 Å². The van der Waals surface area contributed by atoms with Crippen LogP contribution in [-0.4, -0.2) is 40.1 Å². The highest BCUT2D eigenvalue weighted by atomic mass is 16.6. The lowest BCUT2D eigenvalue weighted by atomic mass is 10.0.